The summed E-state index contributed by atoms with van der Waals surface area (Å²) < 4.78 is 0. The van der Waals surface area contributed by atoms with Crippen molar-refractivity contribution in [2.75, 3.05) is 0 Å². The van der Waals surface area contributed by atoms with Gasteiger partial charge in [-0.25, -0.2) is 19.9 Å². The largest absolute Gasteiger partial charge is 0.228 e. The molecule has 8 aromatic carbocycles. The third kappa shape index (κ3) is 7.18. The first-order valence-electron chi connectivity index (χ1n) is 21.5. The molecule has 1 aliphatic rings. The molecule has 0 radical (unpaired) electrons. The Morgan fingerprint density at radius 3 is 1.11 bits per heavy atom. The number of hydrogen-bond donors (Lipinski definition) is 0. The van der Waals surface area contributed by atoms with Gasteiger partial charge in [0.1, 0.15) is 8.07 Å². The molecule has 298 valence electrons. The van der Waals surface area contributed by atoms with Crippen molar-refractivity contribution in [3.05, 3.63) is 218 Å². The van der Waals surface area contributed by atoms with Crippen LogP contribution in [-0.2, 0) is 0 Å². The van der Waals surface area contributed by atoms with E-state index < -0.39 is 8.07 Å². The van der Waals surface area contributed by atoms with Crippen LogP contribution in [0.15, 0.2) is 218 Å². The second-order valence-corrected chi connectivity index (χ2v) is 21.0. The van der Waals surface area contributed by atoms with Crippen molar-refractivity contribution in [2.24, 2.45) is 0 Å². The lowest BCUT2D eigenvalue weighted by Gasteiger charge is -2.21. The van der Waals surface area contributed by atoms with Crippen molar-refractivity contribution >= 4 is 18.4 Å². The first kappa shape index (κ1) is 38.1. The second kappa shape index (κ2) is 15.9. The number of benzene rings is 8. The van der Waals surface area contributed by atoms with E-state index in [0.717, 1.165) is 89.8 Å². The van der Waals surface area contributed by atoms with Crippen molar-refractivity contribution in [3.63, 3.8) is 0 Å². The van der Waals surface area contributed by atoms with Gasteiger partial charge < -0.3 is 0 Å². The first-order chi connectivity index (χ1) is 31.0. The van der Waals surface area contributed by atoms with Crippen molar-refractivity contribution < 1.29 is 0 Å². The Bertz CT molecular complexity index is 3250. The molecule has 0 N–H and O–H groups in total. The van der Waals surface area contributed by atoms with Crippen LogP contribution in [0.2, 0.25) is 13.1 Å². The van der Waals surface area contributed by atoms with Crippen molar-refractivity contribution in [3.8, 4) is 101 Å². The molecule has 0 atom stereocenters. The molecule has 0 aliphatic carbocycles. The topological polar surface area (TPSA) is 51.6 Å². The quantitative estimate of drug-likeness (QED) is 0.143. The fraction of sp³-hybridized carbons (Fsp3) is 0.0345. The van der Waals surface area contributed by atoms with Gasteiger partial charge in [0.15, 0.2) is 11.6 Å². The van der Waals surface area contributed by atoms with Crippen molar-refractivity contribution in [2.45, 2.75) is 13.1 Å². The Kier molecular flexibility index (Phi) is 9.60. The van der Waals surface area contributed by atoms with E-state index in [1.54, 1.807) is 0 Å². The first-order valence-corrected chi connectivity index (χ1v) is 24.5. The number of rotatable bonds is 8. The van der Waals surface area contributed by atoms with Gasteiger partial charge in [0.25, 0.3) is 0 Å². The summed E-state index contributed by atoms with van der Waals surface area (Å²) in [5.41, 5.74) is 17.1. The molecule has 11 rings (SSSR count). The summed E-state index contributed by atoms with van der Waals surface area (Å²) in [5.74, 6) is 1.44. The van der Waals surface area contributed by atoms with Gasteiger partial charge in [0.05, 0.1) is 22.8 Å². The van der Waals surface area contributed by atoms with E-state index in [9.17, 15) is 0 Å². The van der Waals surface area contributed by atoms with Gasteiger partial charge in [-0.1, -0.05) is 201 Å². The van der Waals surface area contributed by atoms with E-state index in [-0.39, 0.29) is 0 Å². The molecule has 1 aliphatic heterocycles. The average molecular weight is 823 g/mol. The van der Waals surface area contributed by atoms with Crippen molar-refractivity contribution in [1.82, 2.24) is 19.9 Å². The van der Waals surface area contributed by atoms with E-state index in [4.69, 9.17) is 19.9 Å². The Morgan fingerprint density at radius 2 is 0.635 bits per heavy atom. The molecular formula is C58H42N4Si. The summed E-state index contributed by atoms with van der Waals surface area (Å²) in [5, 5.41) is 2.74. The van der Waals surface area contributed by atoms with Crippen LogP contribution in [0.3, 0.4) is 0 Å². The van der Waals surface area contributed by atoms with Gasteiger partial charge in [-0.15, -0.1) is 0 Å². The normalized spacial score (nSPS) is 12.4. The zero-order chi connectivity index (χ0) is 42.3. The highest BCUT2D eigenvalue weighted by Crippen LogP contribution is 2.36. The molecule has 63 heavy (non-hydrogen) atoms. The number of fused-ring (bicyclic) bond motifs is 3. The Hall–Kier alpha value is -7.86. The minimum Gasteiger partial charge on any atom is -0.228 e. The lowest BCUT2D eigenvalue weighted by molar-refractivity contribution is 1.18. The lowest BCUT2D eigenvalue weighted by atomic mass is 9.95. The average Bonchev–Trinajstić information content (AvgIpc) is 3.60. The molecule has 0 unspecified atom stereocenters. The third-order valence-electron chi connectivity index (χ3n) is 12.3. The van der Waals surface area contributed by atoms with Gasteiger partial charge in [-0.05, 0) is 79.6 Å². The van der Waals surface area contributed by atoms with Crippen LogP contribution in [-0.4, -0.2) is 28.0 Å². The second-order valence-electron chi connectivity index (χ2n) is 16.7. The molecular weight excluding hydrogens is 781 g/mol. The highest BCUT2D eigenvalue weighted by molar-refractivity contribution is 7.04. The zero-order valence-electron chi connectivity index (χ0n) is 35.1. The third-order valence-corrected chi connectivity index (χ3v) is 15.8. The molecule has 0 spiro atoms. The van der Waals surface area contributed by atoms with E-state index in [1.165, 1.54) is 15.9 Å². The summed E-state index contributed by atoms with van der Waals surface area (Å²) in [6.45, 7) is 4.85. The zero-order valence-corrected chi connectivity index (χ0v) is 36.1. The Morgan fingerprint density at radius 1 is 0.286 bits per heavy atom. The number of aromatic nitrogens is 4. The van der Waals surface area contributed by atoms with Gasteiger partial charge in [-0.2, -0.15) is 0 Å². The van der Waals surface area contributed by atoms with Crippen LogP contribution in [0.25, 0.3) is 101 Å². The van der Waals surface area contributed by atoms with Crippen LogP contribution in [0, 0.1) is 0 Å². The van der Waals surface area contributed by atoms with Gasteiger partial charge in [0, 0.05) is 27.8 Å². The van der Waals surface area contributed by atoms with Gasteiger partial charge in [-0.3, -0.25) is 0 Å². The van der Waals surface area contributed by atoms with E-state index in [2.05, 4.69) is 195 Å². The predicted octanol–water partition coefficient (Wildman–Crippen LogP) is 13.4. The molecule has 2 aromatic heterocycles. The monoisotopic (exact) mass is 822 g/mol. The molecule has 4 nitrogen and oxygen atoms in total. The Labute approximate surface area is 369 Å². The standard InChI is InChI=1S/C58H42N4Si/c1-63(2)53-33-13-12-32-50(53)55-56(63)54(41-22-10-5-11-23-41)61-58(62-55)49-31-17-29-47(37-49)45-27-15-25-43(35-45)42-24-14-26-44(34-42)46-28-16-30-48(36-46)57-59-51(39-18-6-3-7-19-39)38-52(60-57)40-20-8-4-9-21-40/h3-38H,1-2H3. The maximum atomic E-state index is 5.38. The Balaban J connectivity index is 0.934. The summed E-state index contributed by atoms with van der Waals surface area (Å²) >= 11 is 0. The maximum absolute atomic E-state index is 5.38. The van der Waals surface area contributed by atoms with Crippen LogP contribution < -0.4 is 10.4 Å². The number of hydrogen-bond acceptors (Lipinski definition) is 4. The van der Waals surface area contributed by atoms with E-state index in [1.807, 2.05) is 36.4 Å². The van der Waals surface area contributed by atoms with Gasteiger partial charge >= 0.3 is 0 Å². The predicted molar refractivity (Wildman–Crippen MR) is 263 cm³/mol. The summed E-state index contributed by atoms with van der Waals surface area (Å²) in [4.78, 5) is 20.9. The minimum atomic E-state index is -2.04. The van der Waals surface area contributed by atoms with Gasteiger partial charge in [0.2, 0.25) is 0 Å². The smallest absolute Gasteiger partial charge is 0.160 e. The van der Waals surface area contributed by atoms with Crippen LogP contribution in [0.5, 0.6) is 0 Å². The lowest BCUT2D eigenvalue weighted by Crippen LogP contribution is -2.50. The minimum absolute atomic E-state index is 0.695. The summed E-state index contributed by atoms with van der Waals surface area (Å²) in [6.07, 6.45) is 0. The molecule has 5 heteroatoms. The fourth-order valence-corrected chi connectivity index (χ4v) is 12.3. The fourth-order valence-electron chi connectivity index (χ4n) is 9.07. The highest BCUT2D eigenvalue weighted by Gasteiger charge is 2.41. The molecule has 0 saturated heterocycles. The molecule has 0 saturated carbocycles. The van der Waals surface area contributed by atoms with Crippen molar-refractivity contribution in [1.29, 1.82) is 0 Å². The van der Waals surface area contributed by atoms with Crippen LogP contribution >= 0.6 is 0 Å². The van der Waals surface area contributed by atoms with E-state index in [0.29, 0.717) is 5.82 Å². The van der Waals surface area contributed by atoms with Crippen LogP contribution in [0.4, 0.5) is 0 Å². The molecule has 0 amide bonds. The molecule has 3 heterocycles. The molecule has 0 fully saturated rings. The summed E-state index contributed by atoms with van der Waals surface area (Å²) in [7, 11) is -2.04. The molecule has 10 aromatic rings. The highest BCUT2D eigenvalue weighted by atomic mass is 28.3. The number of nitrogens with zero attached hydrogens (tertiary/aromatic N) is 4. The SMILES string of the molecule is C[Si]1(C)c2ccccc2-c2nc(-c3cccc(-c4cccc(-c5cccc(-c6cccc(-c7nc(-c8ccccc8)cc(-c8ccccc8)n7)c6)c5)c4)c3)nc(-c3ccccc3)c21. The maximum Gasteiger partial charge on any atom is 0.160 e. The van der Waals surface area contributed by atoms with Crippen LogP contribution in [0.1, 0.15) is 0 Å². The summed E-state index contributed by atoms with van der Waals surface area (Å²) in [6, 6.07) is 77.0. The molecule has 0 bridgehead atoms. The van der Waals surface area contributed by atoms with E-state index >= 15 is 0 Å².